The van der Waals surface area contributed by atoms with Crippen LogP contribution < -0.4 is 56.3 Å². The van der Waals surface area contributed by atoms with Gasteiger partial charge in [0.2, 0.25) is 28.9 Å². The minimum absolute atomic E-state index is 0.00862. The van der Waals surface area contributed by atoms with Crippen LogP contribution in [0, 0.1) is 57.2 Å². The standard InChI is InChI=1S/C33H36ClN7O3.C32H32ClN7O3.C32H34ClN7O3/c1-19-7-13-23(16-24(19)34)44-26-14-8-20(15-27(26)43-6)29-28-30(35)37-18-38-31(28)41(40-29)22-11-9-21(10-12-22)39-32(42)25(36-5)17-33(2,3)4;1-18-4-12-23(16-24(18)33)43-26-13-7-20(15-27(26)42-3)29-28-30(34)36-17-37-31(28)40(39-29)22-10-8-21(9-11-22)38-32(41)25(35-2)14-19-5-6-19;1-19-9-11-22(15-23(19)33)43-25-12-10-20(14-26(25)42-6)28-27-29(34)36-18-37-30(27)40(38-28)17-21-8-7-13-39(21)31(41)24(35-5)16-32(2,3)4/h7-8,13-18,21-22H,9-12H2,1-4,6H3,(H,39,42)(H2,35,37,38);4,7,12-17,19,21-22H,5-6,8-11H2,1,3H3,(H,38,41)(H2,34,36,37);9-12,14-16,18,21H,7-8,13,17H2,1-4,6H3,(H2,34,36,37)/b25-17-;25-14-;24-16-. The third-order valence-electron chi connectivity index (χ3n) is 23.0. The van der Waals surface area contributed by atoms with Crippen LogP contribution in [0.5, 0.6) is 51.7 Å². The van der Waals surface area contributed by atoms with Crippen LogP contribution in [0.25, 0.3) is 81.4 Å². The van der Waals surface area contributed by atoms with E-state index in [0.717, 1.165) is 110 Å². The summed E-state index contributed by atoms with van der Waals surface area (Å²) in [4.78, 5) is 77.4. The van der Waals surface area contributed by atoms with E-state index in [0.29, 0.717) is 153 Å². The molecule has 0 radical (unpaired) electrons. The molecule has 0 bridgehead atoms. The molecule has 4 aliphatic rings. The van der Waals surface area contributed by atoms with Crippen LogP contribution in [-0.2, 0) is 20.9 Å². The average Bonchev–Trinajstić information content (AvgIpc) is 1.62. The van der Waals surface area contributed by atoms with Crippen molar-refractivity contribution in [3.05, 3.63) is 230 Å². The molecule has 8 N–H and O–H groups in total. The molecule has 1 aliphatic heterocycles. The largest absolute Gasteiger partial charge is 0.493 e. The van der Waals surface area contributed by atoms with Crippen LogP contribution in [0.3, 0.4) is 0 Å². The first-order chi connectivity index (χ1) is 62.3. The lowest BCUT2D eigenvalue weighted by atomic mass is 9.91. The summed E-state index contributed by atoms with van der Waals surface area (Å²) < 4.78 is 40.9. The Morgan fingerprint density at radius 2 is 0.831 bits per heavy atom. The first kappa shape index (κ1) is 92.3. The van der Waals surface area contributed by atoms with Gasteiger partial charge in [0.15, 0.2) is 51.4 Å². The van der Waals surface area contributed by atoms with E-state index in [1.54, 1.807) is 73.4 Å². The first-order valence-electron chi connectivity index (χ1n) is 42.8. The summed E-state index contributed by atoms with van der Waals surface area (Å²) in [6.07, 6.45) is 19.5. The van der Waals surface area contributed by atoms with E-state index in [1.807, 2.05) is 157 Å². The maximum absolute atomic E-state index is 13.4. The topological polar surface area (TPSA) is 356 Å². The van der Waals surface area contributed by atoms with Gasteiger partial charge in [-0.3, -0.25) is 14.4 Å². The maximum atomic E-state index is 13.4. The molecule has 3 aliphatic carbocycles. The zero-order chi connectivity index (χ0) is 92.6. The van der Waals surface area contributed by atoms with E-state index in [9.17, 15) is 14.4 Å². The fourth-order valence-electron chi connectivity index (χ4n) is 16.1. The number of rotatable bonds is 22. The molecule has 1 atom stereocenters. The number of benzene rings is 6. The predicted octanol–water partition coefficient (Wildman–Crippen LogP) is 20.6. The molecule has 4 fully saturated rings. The number of hydrogen-bond donors (Lipinski definition) is 5. The Hall–Kier alpha value is -13.9. The van der Waals surface area contributed by atoms with Crippen LogP contribution in [0.1, 0.15) is 147 Å². The molecule has 0 spiro atoms. The van der Waals surface area contributed by atoms with Crippen molar-refractivity contribution in [2.45, 2.75) is 176 Å². The molecule has 6 aromatic heterocycles. The van der Waals surface area contributed by atoms with Crippen LogP contribution in [-0.4, -0.2) is 128 Å². The van der Waals surface area contributed by atoms with Gasteiger partial charge in [-0.15, -0.1) is 0 Å². The van der Waals surface area contributed by atoms with Gasteiger partial charge in [0.25, 0.3) is 5.91 Å². The second-order valence-electron chi connectivity index (χ2n) is 34.9. The summed E-state index contributed by atoms with van der Waals surface area (Å²) in [5.41, 5.74) is 28.0. The SMILES string of the molecule is [C-]#[N+]/C(=C\C(C)(C)C)C(=O)N1CCCC1Cn1nc(-c2ccc(Oc3ccc(C)c(Cl)c3)c(OC)c2)c2c(N)ncnc21.[C-]#[N+]/C(=C\C(C)(C)C)C(=O)NC1CCC(n2nc(-c3ccc(Oc4ccc(C)c(Cl)c4)c(OC)c3)c3c(N)ncnc32)CC1.[C-]#[N+]/C(=C\C1CC1)C(=O)NC1CCC(n2nc(-c3ccc(Oc4ccc(C)c(Cl)c4)c(OC)c3)c3c(N)ncnc32)CC1. The highest BCUT2D eigenvalue weighted by Gasteiger charge is 2.36. The molecule has 12 aromatic rings. The molecule has 33 heteroatoms. The third kappa shape index (κ3) is 21.4. The molecule has 16 rings (SSSR count). The van der Waals surface area contributed by atoms with Gasteiger partial charge in [-0.1, -0.05) is 113 Å². The molecule has 1 unspecified atom stereocenters. The Bertz CT molecular complexity index is 6540. The highest BCUT2D eigenvalue weighted by Crippen LogP contribution is 2.46. The molecule has 6 aromatic carbocycles. The van der Waals surface area contributed by atoms with Crippen molar-refractivity contribution in [2.75, 3.05) is 45.1 Å². The van der Waals surface area contributed by atoms with E-state index in [-0.39, 0.29) is 75.9 Å². The smallest absolute Gasteiger partial charge is 0.252 e. The first-order valence-corrected chi connectivity index (χ1v) is 44.0. The number of nitrogens with two attached hydrogens (primary N) is 3. The van der Waals surface area contributed by atoms with E-state index >= 15 is 0 Å². The van der Waals surface area contributed by atoms with Crippen molar-refractivity contribution in [3.8, 4) is 85.5 Å². The zero-order valence-electron chi connectivity index (χ0n) is 74.4. The number of fused-ring (bicyclic) bond motifs is 3. The number of carbonyl (C=O) groups excluding carboxylic acids is 3. The summed E-state index contributed by atoms with van der Waals surface area (Å²) in [6, 6.07) is 33.2. The Morgan fingerprint density at radius 3 is 1.20 bits per heavy atom. The normalized spacial score (nSPS) is 17.2. The lowest BCUT2D eigenvalue weighted by molar-refractivity contribution is -0.128. The van der Waals surface area contributed by atoms with E-state index < -0.39 is 0 Å². The number of likely N-dealkylation sites (tertiary alicyclic amines) is 1. The predicted molar refractivity (Wildman–Crippen MR) is 503 cm³/mol. The number of nitrogens with one attached hydrogen (secondary N) is 2. The summed E-state index contributed by atoms with van der Waals surface area (Å²) in [6.45, 7) is 41.0. The number of methoxy groups -OCH3 is 3. The third-order valence-corrected chi connectivity index (χ3v) is 24.2. The van der Waals surface area contributed by atoms with Crippen molar-refractivity contribution >= 4 is 103 Å². The quantitative estimate of drug-likeness (QED) is 0.0311. The van der Waals surface area contributed by atoms with E-state index in [4.69, 9.17) is 115 Å². The minimum atomic E-state index is -0.322. The van der Waals surface area contributed by atoms with Gasteiger partial charge in [-0.05, 0) is 222 Å². The number of halogens is 3. The van der Waals surface area contributed by atoms with Gasteiger partial charge in [-0.25, -0.2) is 58.5 Å². The molecule has 3 amide bonds. The van der Waals surface area contributed by atoms with Crippen molar-refractivity contribution < 1.29 is 42.8 Å². The summed E-state index contributed by atoms with van der Waals surface area (Å²) >= 11 is 18.9. The number of nitrogen functional groups attached to an aromatic ring is 3. The number of allylic oxidation sites excluding steroid dienone is 3. The van der Waals surface area contributed by atoms with Gasteiger partial charge < -0.3 is 61.2 Å². The van der Waals surface area contributed by atoms with Crippen LogP contribution in [0.2, 0.25) is 15.1 Å². The Balaban J connectivity index is 0.000000157. The fraction of sp³-hybridized carbons (Fsp3) is 0.351. The van der Waals surface area contributed by atoms with Gasteiger partial charge >= 0.3 is 0 Å². The lowest BCUT2D eigenvalue weighted by Crippen LogP contribution is -2.39. The molecule has 670 valence electrons. The molecule has 30 nitrogen and oxygen atoms in total. The van der Waals surface area contributed by atoms with Crippen molar-refractivity contribution in [2.24, 2.45) is 16.7 Å². The van der Waals surface area contributed by atoms with Gasteiger partial charge in [-0.2, -0.15) is 15.3 Å². The van der Waals surface area contributed by atoms with Crippen LogP contribution in [0.15, 0.2) is 163 Å². The number of hydrogen-bond acceptors (Lipinski definition) is 21. The molecular formula is C97H102Cl3N21O9. The van der Waals surface area contributed by atoms with Crippen molar-refractivity contribution in [1.82, 2.24) is 74.8 Å². The van der Waals surface area contributed by atoms with Crippen molar-refractivity contribution in [3.63, 3.8) is 0 Å². The number of ether oxygens (including phenoxy) is 6. The Kier molecular flexibility index (Phi) is 28.3. The highest BCUT2D eigenvalue weighted by atomic mass is 35.5. The maximum Gasteiger partial charge on any atom is 0.252 e. The number of carbonyl (C=O) groups is 3. The van der Waals surface area contributed by atoms with Crippen molar-refractivity contribution in [1.29, 1.82) is 0 Å². The number of nitrogens with zero attached hydrogens (tertiary/aromatic N) is 16. The monoisotopic (exact) mass is 1810 g/mol. The second kappa shape index (κ2) is 39.8. The Labute approximate surface area is 769 Å². The Morgan fingerprint density at radius 1 is 0.462 bits per heavy atom. The number of aryl methyl sites for hydroxylation is 3. The molecule has 3 saturated carbocycles. The highest BCUT2D eigenvalue weighted by molar-refractivity contribution is 6.32. The fourth-order valence-corrected chi connectivity index (χ4v) is 16.6. The van der Waals surface area contributed by atoms with Crippen LogP contribution in [0.4, 0.5) is 17.5 Å². The van der Waals surface area contributed by atoms with E-state index in [1.165, 1.54) is 19.0 Å². The minimum Gasteiger partial charge on any atom is -0.493 e. The second-order valence-corrected chi connectivity index (χ2v) is 36.1. The summed E-state index contributed by atoms with van der Waals surface area (Å²) in [7, 11) is 4.74. The number of amides is 3. The van der Waals surface area contributed by atoms with Crippen LogP contribution >= 0.6 is 34.8 Å². The van der Waals surface area contributed by atoms with E-state index in [2.05, 4.69) is 55.1 Å². The van der Waals surface area contributed by atoms with Gasteiger partial charge in [0, 0.05) is 50.4 Å². The van der Waals surface area contributed by atoms with Gasteiger partial charge in [0.05, 0.1) is 81.9 Å². The zero-order valence-corrected chi connectivity index (χ0v) is 76.7. The molecule has 1 saturated heterocycles. The number of anilines is 3. The molecule has 7 heterocycles. The van der Waals surface area contributed by atoms with Gasteiger partial charge in [0.1, 0.15) is 70.8 Å². The molecular weight excluding hydrogens is 1710 g/mol. The molecule has 130 heavy (non-hydrogen) atoms. The summed E-state index contributed by atoms with van der Waals surface area (Å²) in [5.74, 6) is 5.40. The lowest BCUT2D eigenvalue weighted by Gasteiger charge is -2.29. The number of aromatic nitrogens is 12. The summed E-state index contributed by atoms with van der Waals surface area (Å²) in [5, 5.41) is 24.8. The average molecular weight is 1810 g/mol.